The molecule has 2 rings (SSSR count). The first-order valence-corrected chi connectivity index (χ1v) is 7.33. The normalized spacial score (nSPS) is 10.7. The van der Waals surface area contributed by atoms with Crippen LogP contribution in [0, 0.1) is 6.92 Å². The maximum atomic E-state index is 5.87. The summed E-state index contributed by atoms with van der Waals surface area (Å²) >= 11 is 3.54. The van der Waals surface area contributed by atoms with Crippen molar-refractivity contribution in [1.82, 2.24) is 9.78 Å². The predicted octanol–water partition coefficient (Wildman–Crippen LogP) is 3.64. The molecule has 0 amide bonds. The van der Waals surface area contributed by atoms with E-state index in [2.05, 4.69) is 34.0 Å². The molecular weight excluding hydrogens is 320 g/mol. The van der Waals surface area contributed by atoms with Gasteiger partial charge in [-0.05, 0) is 47.0 Å². The molecule has 0 saturated carbocycles. The van der Waals surface area contributed by atoms with E-state index >= 15 is 0 Å². The number of hydrogen-bond donors (Lipinski definition) is 0. The predicted molar refractivity (Wildman–Crippen MR) is 82.3 cm³/mol. The quantitative estimate of drug-likeness (QED) is 0.834. The number of ether oxygens (including phenoxy) is 2. The van der Waals surface area contributed by atoms with Gasteiger partial charge in [-0.25, -0.2) is 0 Å². The number of hydrogen-bond acceptors (Lipinski definition) is 3. The largest absolute Gasteiger partial charge is 0.493 e. The zero-order valence-corrected chi connectivity index (χ0v) is 13.8. The van der Waals surface area contributed by atoms with E-state index in [1.165, 1.54) is 5.56 Å². The Balaban J connectivity index is 2.18. The lowest BCUT2D eigenvalue weighted by Crippen LogP contribution is -2.04. The van der Waals surface area contributed by atoms with E-state index in [1.54, 1.807) is 7.11 Å². The maximum Gasteiger partial charge on any atom is 0.161 e. The van der Waals surface area contributed by atoms with Crippen LogP contribution in [0.25, 0.3) is 0 Å². The van der Waals surface area contributed by atoms with Crippen LogP contribution in [-0.4, -0.2) is 16.9 Å². The van der Waals surface area contributed by atoms with Crippen molar-refractivity contribution in [3.05, 3.63) is 39.6 Å². The van der Waals surface area contributed by atoms with Crippen LogP contribution in [-0.2, 0) is 20.1 Å². The minimum absolute atomic E-state index is 0.444. The molecule has 2 aromatic rings. The average Bonchev–Trinajstić information content (AvgIpc) is 2.70. The molecule has 0 aliphatic heterocycles. The van der Waals surface area contributed by atoms with Crippen LogP contribution in [0.3, 0.4) is 0 Å². The molecule has 0 radical (unpaired) electrons. The molecule has 0 unspecified atom stereocenters. The highest BCUT2D eigenvalue weighted by Gasteiger charge is 2.12. The molecule has 0 fully saturated rings. The van der Waals surface area contributed by atoms with Crippen molar-refractivity contribution in [2.24, 2.45) is 7.05 Å². The molecule has 0 bridgehead atoms. The summed E-state index contributed by atoms with van der Waals surface area (Å²) in [4.78, 5) is 0. The van der Waals surface area contributed by atoms with Crippen molar-refractivity contribution in [2.75, 3.05) is 7.11 Å². The maximum absolute atomic E-state index is 5.87. The van der Waals surface area contributed by atoms with E-state index in [-0.39, 0.29) is 0 Å². The van der Waals surface area contributed by atoms with Crippen LogP contribution in [0.15, 0.2) is 22.7 Å². The van der Waals surface area contributed by atoms with Gasteiger partial charge in [0.15, 0.2) is 11.5 Å². The zero-order valence-electron chi connectivity index (χ0n) is 12.2. The standard InChI is InChI=1S/C15H19BrN2O2/c1-5-11-6-7-13(14(8-11)19-4)20-9-12-15(16)10(2)17-18(12)3/h6-8H,5,9H2,1-4H3. The zero-order chi connectivity index (χ0) is 14.7. The van der Waals surface area contributed by atoms with Gasteiger partial charge in [0, 0.05) is 7.05 Å². The molecule has 0 aliphatic rings. The van der Waals surface area contributed by atoms with Gasteiger partial charge in [-0.2, -0.15) is 5.10 Å². The van der Waals surface area contributed by atoms with Crippen LogP contribution >= 0.6 is 15.9 Å². The van der Waals surface area contributed by atoms with Gasteiger partial charge in [-0.15, -0.1) is 0 Å². The summed E-state index contributed by atoms with van der Waals surface area (Å²) in [5.74, 6) is 1.51. The summed E-state index contributed by atoms with van der Waals surface area (Å²) in [6.07, 6.45) is 0.975. The van der Waals surface area contributed by atoms with Crippen LogP contribution in [0.5, 0.6) is 11.5 Å². The third kappa shape index (κ3) is 2.98. The number of aryl methyl sites for hydroxylation is 3. The fraction of sp³-hybridized carbons (Fsp3) is 0.400. The van der Waals surface area contributed by atoms with Crippen LogP contribution in [0.1, 0.15) is 23.9 Å². The van der Waals surface area contributed by atoms with E-state index in [9.17, 15) is 0 Å². The summed E-state index contributed by atoms with van der Waals surface area (Å²) in [5.41, 5.74) is 3.19. The van der Waals surface area contributed by atoms with Crippen LogP contribution < -0.4 is 9.47 Å². The number of halogens is 1. The smallest absolute Gasteiger partial charge is 0.161 e. The van der Waals surface area contributed by atoms with Crippen molar-refractivity contribution in [1.29, 1.82) is 0 Å². The van der Waals surface area contributed by atoms with Gasteiger partial charge in [0.05, 0.1) is 23.0 Å². The van der Waals surface area contributed by atoms with Crippen molar-refractivity contribution < 1.29 is 9.47 Å². The Kier molecular flexibility index (Phi) is 4.70. The Hall–Kier alpha value is -1.49. The SMILES string of the molecule is CCc1ccc(OCc2c(Br)c(C)nn2C)c(OC)c1. The minimum atomic E-state index is 0.444. The molecule has 0 saturated heterocycles. The highest BCUT2D eigenvalue weighted by atomic mass is 79.9. The molecule has 20 heavy (non-hydrogen) atoms. The van der Waals surface area contributed by atoms with E-state index in [0.29, 0.717) is 6.61 Å². The Morgan fingerprint density at radius 2 is 2.05 bits per heavy atom. The third-order valence-electron chi connectivity index (χ3n) is 3.26. The summed E-state index contributed by atoms with van der Waals surface area (Å²) in [7, 11) is 3.57. The first-order chi connectivity index (χ1) is 9.56. The van der Waals surface area contributed by atoms with Crippen LogP contribution in [0.4, 0.5) is 0 Å². The topological polar surface area (TPSA) is 36.3 Å². The molecule has 0 spiro atoms. The van der Waals surface area contributed by atoms with Gasteiger partial charge in [0.2, 0.25) is 0 Å². The van der Waals surface area contributed by atoms with Crippen molar-refractivity contribution in [2.45, 2.75) is 26.9 Å². The highest BCUT2D eigenvalue weighted by Crippen LogP contribution is 2.30. The summed E-state index contributed by atoms with van der Waals surface area (Å²) < 4.78 is 14.1. The van der Waals surface area contributed by atoms with Gasteiger partial charge in [-0.1, -0.05) is 13.0 Å². The summed E-state index contributed by atoms with van der Waals surface area (Å²) in [6, 6.07) is 6.02. The van der Waals surface area contributed by atoms with E-state index in [1.807, 2.05) is 30.8 Å². The lowest BCUT2D eigenvalue weighted by molar-refractivity contribution is 0.275. The average molecular weight is 339 g/mol. The van der Waals surface area contributed by atoms with Crippen LogP contribution in [0.2, 0.25) is 0 Å². The van der Waals surface area contributed by atoms with E-state index < -0.39 is 0 Å². The number of methoxy groups -OCH3 is 1. The third-order valence-corrected chi connectivity index (χ3v) is 4.29. The second kappa shape index (κ2) is 6.31. The fourth-order valence-electron chi connectivity index (χ4n) is 2.03. The van der Waals surface area contributed by atoms with Crippen molar-refractivity contribution in [3.63, 3.8) is 0 Å². The fourth-order valence-corrected chi connectivity index (χ4v) is 2.48. The van der Waals surface area contributed by atoms with E-state index in [0.717, 1.165) is 33.8 Å². The van der Waals surface area contributed by atoms with Gasteiger partial charge < -0.3 is 9.47 Å². The van der Waals surface area contributed by atoms with Gasteiger partial charge in [-0.3, -0.25) is 4.68 Å². The second-order valence-corrected chi connectivity index (χ2v) is 5.39. The number of nitrogens with zero attached hydrogens (tertiary/aromatic N) is 2. The number of aromatic nitrogens is 2. The molecule has 1 aromatic carbocycles. The Bertz CT molecular complexity index is 608. The lowest BCUT2D eigenvalue weighted by atomic mass is 10.1. The molecule has 0 atom stereocenters. The monoisotopic (exact) mass is 338 g/mol. The molecule has 0 N–H and O–H groups in total. The Labute approximate surface area is 127 Å². The van der Waals surface area contributed by atoms with Crippen molar-refractivity contribution in [3.8, 4) is 11.5 Å². The highest BCUT2D eigenvalue weighted by molar-refractivity contribution is 9.10. The molecule has 1 aromatic heterocycles. The summed E-state index contributed by atoms with van der Waals surface area (Å²) in [6.45, 7) is 4.52. The molecular formula is C15H19BrN2O2. The molecule has 0 aliphatic carbocycles. The number of rotatable bonds is 5. The lowest BCUT2D eigenvalue weighted by Gasteiger charge is -2.12. The molecule has 108 valence electrons. The van der Waals surface area contributed by atoms with Gasteiger partial charge in [0.25, 0.3) is 0 Å². The molecule has 5 heteroatoms. The number of benzene rings is 1. The Morgan fingerprint density at radius 3 is 2.60 bits per heavy atom. The van der Waals surface area contributed by atoms with E-state index in [4.69, 9.17) is 9.47 Å². The first kappa shape index (κ1) is 14.9. The van der Waals surface area contributed by atoms with Gasteiger partial charge >= 0.3 is 0 Å². The van der Waals surface area contributed by atoms with Gasteiger partial charge in [0.1, 0.15) is 6.61 Å². The first-order valence-electron chi connectivity index (χ1n) is 6.54. The summed E-state index contributed by atoms with van der Waals surface area (Å²) in [5, 5.41) is 4.35. The second-order valence-electron chi connectivity index (χ2n) is 4.60. The molecule has 4 nitrogen and oxygen atoms in total. The minimum Gasteiger partial charge on any atom is -0.493 e. The molecule has 1 heterocycles. The van der Waals surface area contributed by atoms with Crippen molar-refractivity contribution >= 4 is 15.9 Å². The Morgan fingerprint density at radius 1 is 1.30 bits per heavy atom.